The number of urea groups is 1. The number of hydrogen-bond acceptors (Lipinski definition) is 4. The van der Waals surface area contributed by atoms with E-state index in [0.29, 0.717) is 24.7 Å². The van der Waals surface area contributed by atoms with Crippen molar-refractivity contribution < 1.29 is 9.32 Å². The summed E-state index contributed by atoms with van der Waals surface area (Å²) in [6, 6.07) is 10.2. The number of aryl methyl sites for hydroxylation is 2. The number of nitrogens with one attached hydrogen (secondary N) is 1. The minimum atomic E-state index is -0.117. The van der Waals surface area contributed by atoms with Gasteiger partial charge in [0.25, 0.3) is 0 Å². The van der Waals surface area contributed by atoms with Gasteiger partial charge in [-0.2, -0.15) is 0 Å². The summed E-state index contributed by atoms with van der Waals surface area (Å²) in [7, 11) is 0. The van der Waals surface area contributed by atoms with Gasteiger partial charge in [-0.25, -0.2) is 4.79 Å². The quantitative estimate of drug-likeness (QED) is 0.946. The summed E-state index contributed by atoms with van der Waals surface area (Å²) in [5.41, 5.74) is 2.59. The second kappa shape index (κ2) is 6.83. The summed E-state index contributed by atoms with van der Waals surface area (Å²) in [6.45, 7) is 8.00. The topological polar surface area (TPSA) is 61.6 Å². The molecule has 6 heteroatoms. The van der Waals surface area contributed by atoms with Crippen LogP contribution >= 0.6 is 0 Å². The summed E-state index contributed by atoms with van der Waals surface area (Å²) < 4.78 is 4.95. The van der Waals surface area contributed by atoms with Crippen molar-refractivity contribution >= 4 is 11.8 Å². The second-order valence-electron chi connectivity index (χ2n) is 6.00. The Balaban J connectivity index is 1.48. The smallest absolute Gasteiger partial charge is 0.323 e. The molecule has 1 saturated heterocycles. The molecule has 1 aromatic heterocycles. The average molecular weight is 314 g/mol. The largest absolute Gasteiger partial charge is 0.360 e. The zero-order chi connectivity index (χ0) is 16.2. The maximum Gasteiger partial charge on any atom is 0.323 e. The molecule has 2 aromatic rings. The van der Waals surface area contributed by atoms with Gasteiger partial charge in [0.1, 0.15) is 5.76 Å². The Labute approximate surface area is 136 Å². The van der Waals surface area contributed by atoms with Gasteiger partial charge >= 0.3 is 6.03 Å². The molecule has 0 radical (unpaired) electrons. The Morgan fingerprint density at radius 1 is 1.17 bits per heavy atom. The van der Waals surface area contributed by atoms with E-state index < -0.39 is 0 Å². The minimum absolute atomic E-state index is 0.117. The van der Waals surface area contributed by atoms with Crippen LogP contribution in [0.5, 0.6) is 0 Å². The van der Waals surface area contributed by atoms with E-state index >= 15 is 0 Å². The lowest BCUT2D eigenvalue weighted by Crippen LogP contribution is -2.49. The number of piperazine rings is 1. The maximum atomic E-state index is 12.2. The Hall–Kier alpha value is -2.34. The number of aromatic nitrogens is 1. The Morgan fingerprint density at radius 2 is 1.87 bits per heavy atom. The van der Waals surface area contributed by atoms with Gasteiger partial charge in [-0.15, -0.1) is 0 Å². The highest BCUT2D eigenvalue weighted by Gasteiger charge is 2.21. The highest BCUT2D eigenvalue weighted by atomic mass is 16.5. The second-order valence-corrected chi connectivity index (χ2v) is 6.00. The zero-order valence-electron chi connectivity index (χ0n) is 13.6. The van der Waals surface area contributed by atoms with Crippen molar-refractivity contribution in [2.45, 2.75) is 20.4 Å². The van der Waals surface area contributed by atoms with Crippen LogP contribution in [-0.4, -0.2) is 47.2 Å². The standard InChI is InChI=1S/C17H22N4O2/c1-13-3-5-15(6-4-13)12-20-7-9-21(10-8-20)17(22)18-16-11-14(2)23-19-16/h3-6,11H,7-10,12H2,1-2H3,(H,18,19,22). The molecule has 122 valence electrons. The molecule has 2 amide bonds. The molecule has 1 aliphatic heterocycles. The van der Waals surface area contributed by atoms with Crippen LogP contribution in [0.1, 0.15) is 16.9 Å². The molecule has 0 aliphatic carbocycles. The van der Waals surface area contributed by atoms with Crippen LogP contribution in [0.4, 0.5) is 10.6 Å². The fourth-order valence-corrected chi connectivity index (χ4v) is 2.67. The first kappa shape index (κ1) is 15.6. The summed E-state index contributed by atoms with van der Waals surface area (Å²) in [5, 5.41) is 6.55. The zero-order valence-corrected chi connectivity index (χ0v) is 13.6. The summed E-state index contributed by atoms with van der Waals surface area (Å²) in [5.74, 6) is 1.15. The van der Waals surface area contributed by atoms with Crippen molar-refractivity contribution in [3.63, 3.8) is 0 Å². The third kappa shape index (κ3) is 4.10. The van der Waals surface area contributed by atoms with Crippen LogP contribution in [0.15, 0.2) is 34.9 Å². The molecule has 0 atom stereocenters. The van der Waals surface area contributed by atoms with E-state index in [1.807, 2.05) is 4.90 Å². The van der Waals surface area contributed by atoms with Gasteiger partial charge in [-0.3, -0.25) is 10.2 Å². The lowest BCUT2D eigenvalue weighted by molar-refractivity contribution is 0.143. The number of carbonyl (C=O) groups excluding carboxylic acids is 1. The molecule has 6 nitrogen and oxygen atoms in total. The van der Waals surface area contributed by atoms with Crippen molar-refractivity contribution in [3.05, 3.63) is 47.2 Å². The van der Waals surface area contributed by atoms with Crippen molar-refractivity contribution in [2.24, 2.45) is 0 Å². The third-order valence-electron chi connectivity index (χ3n) is 4.05. The number of anilines is 1. The van der Waals surface area contributed by atoms with Gasteiger partial charge in [0.2, 0.25) is 0 Å². The molecular formula is C17H22N4O2. The van der Waals surface area contributed by atoms with E-state index in [1.165, 1.54) is 11.1 Å². The predicted octanol–water partition coefficient (Wildman–Crippen LogP) is 2.64. The lowest BCUT2D eigenvalue weighted by Gasteiger charge is -2.34. The summed E-state index contributed by atoms with van der Waals surface area (Å²) in [6.07, 6.45) is 0. The van der Waals surface area contributed by atoms with Crippen molar-refractivity contribution in [1.82, 2.24) is 15.0 Å². The third-order valence-corrected chi connectivity index (χ3v) is 4.05. The SMILES string of the molecule is Cc1ccc(CN2CCN(C(=O)Nc3cc(C)on3)CC2)cc1. The van der Waals surface area contributed by atoms with Crippen LogP contribution in [0.2, 0.25) is 0 Å². The molecule has 0 saturated carbocycles. The highest BCUT2D eigenvalue weighted by Crippen LogP contribution is 2.12. The predicted molar refractivity (Wildman–Crippen MR) is 88.3 cm³/mol. The average Bonchev–Trinajstić information content (AvgIpc) is 2.95. The van der Waals surface area contributed by atoms with Gasteiger partial charge in [0.05, 0.1) is 0 Å². The molecule has 1 fully saturated rings. The first-order valence-electron chi connectivity index (χ1n) is 7.87. The van der Waals surface area contributed by atoms with E-state index in [9.17, 15) is 4.79 Å². The molecule has 1 aromatic carbocycles. The van der Waals surface area contributed by atoms with Crippen molar-refractivity contribution in [3.8, 4) is 0 Å². The Bertz CT molecular complexity index is 657. The fraction of sp³-hybridized carbons (Fsp3) is 0.412. The van der Waals surface area contributed by atoms with E-state index in [2.05, 4.69) is 46.6 Å². The molecule has 3 rings (SSSR count). The summed E-state index contributed by atoms with van der Waals surface area (Å²) in [4.78, 5) is 16.4. The Morgan fingerprint density at radius 3 is 2.48 bits per heavy atom. The van der Waals surface area contributed by atoms with Crippen LogP contribution in [0.3, 0.4) is 0 Å². The molecule has 0 unspecified atom stereocenters. The van der Waals surface area contributed by atoms with Crippen molar-refractivity contribution in [2.75, 3.05) is 31.5 Å². The van der Waals surface area contributed by atoms with Gasteiger partial charge in [-0.05, 0) is 19.4 Å². The molecule has 2 heterocycles. The molecular weight excluding hydrogens is 292 g/mol. The molecule has 23 heavy (non-hydrogen) atoms. The van der Waals surface area contributed by atoms with Crippen molar-refractivity contribution in [1.29, 1.82) is 0 Å². The van der Waals surface area contributed by atoms with E-state index in [1.54, 1.807) is 13.0 Å². The monoisotopic (exact) mass is 314 g/mol. The number of carbonyl (C=O) groups is 1. The number of hydrogen-bond donors (Lipinski definition) is 1. The van der Waals surface area contributed by atoms with E-state index in [4.69, 9.17) is 4.52 Å². The Kier molecular flexibility index (Phi) is 4.62. The number of amides is 2. The molecule has 1 aliphatic rings. The van der Waals surface area contributed by atoms with Crippen LogP contribution in [0.25, 0.3) is 0 Å². The van der Waals surface area contributed by atoms with Crippen LogP contribution in [-0.2, 0) is 6.54 Å². The van der Waals surface area contributed by atoms with Gasteiger partial charge in [0, 0.05) is 38.8 Å². The molecule has 0 bridgehead atoms. The number of benzene rings is 1. The van der Waals surface area contributed by atoms with Gasteiger partial charge in [-0.1, -0.05) is 35.0 Å². The summed E-state index contributed by atoms with van der Waals surface area (Å²) >= 11 is 0. The number of nitrogens with zero attached hydrogens (tertiary/aromatic N) is 3. The van der Waals surface area contributed by atoms with E-state index in [0.717, 1.165) is 19.6 Å². The first-order chi connectivity index (χ1) is 11.1. The van der Waals surface area contributed by atoms with Crippen LogP contribution in [0, 0.1) is 13.8 Å². The normalized spacial score (nSPS) is 15.7. The van der Waals surface area contributed by atoms with Gasteiger partial charge < -0.3 is 9.42 Å². The van der Waals surface area contributed by atoms with Gasteiger partial charge in [0.15, 0.2) is 5.82 Å². The minimum Gasteiger partial charge on any atom is -0.360 e. The maximum absolute atomic E-state index is 12.2. The highest BCUT2D eigenvalue weighted by molar-refractivity contribution is 5.88. The molecule has 1 N–H and O–H groups in total. The number of rotatable bonds is 3. The van der Waals surface area contributed by atoms with E-state index in [-0.39, 0.29) is 6.03 Å². The fourth-order valence-electron chi connectivity index (χ4n) is 2.67. The first-order valence-corrected chi connectivity index (χ1v) is 7.87. The lowest BCUT2D eigenvalue weighted by atomic mass is 10.1. The van der Waals surface area contributed by atoms with Crippen LogP contribution < -0.4 is 5.32 Å². The molecule has 0 spiro atoms.